The Morgan fingerprint density at radius 3 is 2.41 bits per heavy atom. The molecule has 0 bridgehead atoms. The molecule has 0 atom stereocenters. The van der Waals surface area contributed by atoms with Crippen LogP contribution >= 0.6 is 35.0 Å². The maximum atomic E-state index is 12.7. The number of imide groups is 1. The summed E-state index contributed by atoms with van der Waals surface area (Å²) in [6.07, 6.45) is 1.74. The first-order chi connectivity index (χ1) is 14.0. The van der Waals surface area contributed by atoms with Gasteiger partial charge in [-0.3, -0.25) is 9.59 Å². The van der Waals surface area contributed by atoms with Crippen LogP contribution in [-0.4, -0.2) is 48.9 Å². The first-order valence-corrected chi connectivity index (χ1v) is 10.9. The summed E-state index contributed by atoms with van der Waals surface area (Å²) in [6, 6.07) is 15.0. The molecule has 1 N–H and O–H groups in total. The van der Waals surface area contributed by atoms with Crippen LogP contribution in [0.15, 0.2) is 53.4 Å². The Bertz CT molecular complexity index is 957. The fourth-order valence-corrected chi connectivity index (χ4v) is 4.63. The van der Waals surface area contributed by atoms with Gasteiger partial charge in [-0.1, -0.05) is 41.4 Å². The van der Waals surface area contributed by atoms with Crippen molar-refractivity contribution in [2.24, 2.45) is 0 Å². The van der Waals surface area contributed by atoms with E-state index in [0.717, 1.165) is 54.2 Å². The van der Waals surface area contributed by atoms with Crippen molar-refractivity contribution < 1.29 is 14.5 Å². The molecule has 0 radical (unpaired) electrons. The van der Waals surface area contributed by atoms with Crippen LogP contribution in [0, 0.1) is 0 Å². The maximum Gasteiger partial charge on any atom is 0.298 e. The van der Waals surface area contributed by atoms with Crippen LogP contribution in [0.5, 0.6) is 0 Å². The Balaban J connectivity index is 1.37. The Hall–Kier alpha value is -1.99. The number of piperazine rings is 1. The number of benzene rings is 2. The lowest BCUT2D eigenvalue weighted by Gasteiger charge is -2.34. The van der Waals surface area contributed by atoms with Gasteiger partial charge >= 0.3 is 0 Å². The van der Waals surface area contributed by atoms with Crippen molar-refractivity contribution in [1.29, 1.82) is 0 Å². The topological polar surface area (TPSA) is 45.1 Å². The smallest absolute Gasteiger partial charge is 0.298 e. The van der Waals surface area contributed by atoms with Gasteiger partial charge in [-0.15, -0.1) is 0 Å². The highest BCUT2D eigenvalue weighted by atomic mass is 35.5. The number of amides is 2. The molecule has 0 aliphatic carbocycles. The molecular formula is C21H20Cl2N3O2S+. The van der Waals surface area contributed by atoms with Gasteiger partial charge in [-0.2, -0.15) is 0 Å². The number of hydrogen-bond acceptors (Lipinski definition) is 4. The second-order valence-electron chi connectivity index (χ2n) is 7.04. The lowest BCUT2D eigenvalue weighted by atomic mass is 10.2. The van der Waals surface area contributed by atoms with Gasteiger partial charge in [-0.05, 0) is 53.7 Å². The zero-order chi connectivity index (χ0) is 20.4. The molecule has 2 aromatic carbocycles. The number of carbonyl (C=O) groups is 2. The Labute approximate surface area is 183 Å². The van der Waals surface area contributed by atoms with Crippen molar-refractivity contribution in [3.63, 3.8) is 0 Å². The number of anilines is 1. The van der Waals surface area contributed by atoms with E-state index in [4.69, 9.17) is 23.2 Å². The average molecular weight is 449 g/mol. The highest BCUT2D eigenvalue weighted by Gasteiger charge is 2.38. The summed E-state index contributed by atoms with van der Waals surface area (Å²) in [5.74, 6) is -0.222. The minimum Gasteiger partial charge on any atom is -0.360 e. The lowest BCUT2D eigenvalue weighted by Crippen LogP contribution is -3.16. The number of nitrogens with one attached hydrogen (secondary N) is 1. The van der Waals surface area contributed by atoms with Crippen LogP contribution in [-0.2, 0) is 4.79 Å². The fraction of sp³-hybridized carbons (Fsp3) is 0.238. The van der Waals surface area contributed by atoms with Gasteiger partial charge in [0.1, 0.15) is 0 Å². The first kappa shape index (κ1) is 20.3. The third kappa shape index (κ3) is 4.78. The summed E-state index contributed by atoms with van der Waals surface area (Å²) in [4.78, 5) is 30.5. The van der Waals surface area contributed by atoms with Crippen LogP contribution in [0.3, 0.4) is 0 Å². The van der Waals surface area contributed by atoms with Crippen LogP contribution in [0.2, 0.25) is 10.0 Å². The molecule has 0 spiro atoms. The van der Waals surface area contributed by atoms with Crippen molar-refractivity contribution in [3.05, 3.63) is 69.0 Å². The number of rotatable bonds is 4. The molecule has 2 aliphatic rings. The van der Waals surface area contributed by atoms with E-state index in [1.54, 1.807) is 18.2 Å². The molecule has 2 amide bonds. The summed E-state index contributed by atoms with van der Waals surface area (Å²) in [6.45, 7) is 3.81. The molecule has 0 aromatic heterocycles. The first-order valence-electron chi connectivity index (χ1n) is 9.34. The fourth-order valence-electron chi connectivity index (χ4n) is 3.48. The molecule has 0 saturated carbocycles. The highest BCUT2D eigenvalue weighted by molar-refractivity contribution is 8.18. The van der Waals surface area contributed by atoms with Crippen molar-refractivity contribution in [1.82, 2.24) is 4.90 Å². The normalized spacial score (nSPS) is 19.4. The molecule has 2 aromatic rings. The Kier molecular flexibility index (Phi) is 6.15. The molecule has 5 nitrogen and oxygen atoms in total. The molecule has 4 rings (SSSR count). The van der Waals surface area contributed by atoms with E-state index < -0.39 is 0 Å². The molecular weight excluding hydrogens is 429 g/mol. The van der Waals surface area contributed by atoms with Crippen LogP contribution in [0.25, 0.3) is 6.08 Å². The average Bonchev–Trinajstić information content (AvgIpc) is 2.98. The molecule has 8 heteroatoms. The molecule has 2 saturated heterocycles. The van der Waals surface area contributed by atoms with Gasteiger partial charge in [-0.25, -0.2) is 4.90 Å². The number of hydrogen-bond donors (Lipinski definition) is 1. The minimum atomic E-state index is -0.222. The van der Waals surface area contributed by atoms with Gasteiger partial charge < -0.3 is 9.80 Å². The van der Waals surface area contributed by atoms with E-state index in [1.165, 1.54) is 9.80 Å². The summed E-state index contributed by atoms with van der Waals surface area (Å²) in [7, 11) is 0. The van der Waals surface area contributed by atoms with E-state index in [0.29, 0.717) is 16.6 Å². The van der Waals surface area contributed by atoms with Crippen molar-refractivity contribution >= 4 is 57.9 Å². The predicted octanol–water partition coefficient (Wildman–Crippen LogP) is 3.39. The number of carbonyl (C=O) groups excluding carboxylic acids is 2. The summed E-state index contributed by atoms with van der Waals surface area (Å²) in [5, 5.41) is 1.15. The van der Waals surface area contributed by atoms with Crippen LogP contribution in [0.4, 0.5) is 10.5 Å². The molecule has 29 heavy (non-hydrogen) atoms. The SMILES string of the molecule is O=C1S/C(=C/c2ccc(Cl)cc2)C(=O)N1C[NH+]1CCN(c2cccc(Cl)c2)CC1. The highest BCUT2D eigenvalue weighted by Crippen LogP contribution is 2.31. The second-order valence-corrected chi connectivity index (χ2v) is 8.90. The van der Waals surface area contributed by atoms with E-state index in [-0.39, 0.29) is 11.1 Å². The zero-order valence-electron chi connectivity index (χ0n) is 15.6. The van der Waals surface area contributed by atoms with E-state index in [1.807, 2.05) is 30.3 Å². The third-order valence-electron chi connectivity index (χ3n) is 5.07. The van der Waals surface area contributed by atoms with E-state index >= 15 is 0 Å². The van der Waals surface area contributed by atoms with Gasteiger partial charge in [0, 0.05) is 15.7 Å². The maximum absolute atomic E-state index is 12.7. The summed E-state index contributed by atoms with van der Waals surface area (Å²) in [5.41, 5.74) is 1.95. The van der Waals surface area contributed by atoms with Crippen LogP contribution < -0.4 is 9.80 Å². The number of thioether (sulfide) groups is 1. The van der Waals surface area contributed by atoms with Crippen LogP contribution in [0.1, 0.15) is 5.56 Å². The predicted molar refractivity (Wildman–Crippen MR) is 118 cm³/mol. The Morgan fingerprint density at radius 2 is 1.72 bits per heavy atom. The Morgan fingerprint density at radius 1 is 1.00 bits per heavy atom. The van der Waals surface area contributed by atoms with Gasteiger partial charge in [0.25, 0.3) is 11.1 Å². The zero-order valence-corrected chi connectivity index (χ0v) is 17.9. The van der Waals surface area contributed by atoms with Crippen molar-refractivity contribution in [3.8, 4) is 0 Å². The van der Waals surface area contributed by atoms with Gasteiger partial charge in [0.05, 0.1) is 31.1 Å². The number of quaternary nitrogens is 1. The third-order valence-corrected chi connectivity index (χ3v) is 6.46. The second kappa shape index (κ2) is 8.79. The minimum absolute atomic E-state index is 0.208. The molecule has 2 aliphatic heterocycles. The number of nitrogens with zero attached hydrogens (tertiary/aromatic N) is 2. The standard InChI is InChI=1S/C21H19Cl2N3O2S/c22-16-6-4-15(5-7-16)12-19-20(27)26(21(28)29-19)14-24-8-10-25(11-9-24)18-3-1-2-17(23)13-18/h1-7,12-13H,8-11,14H2/p+1/b19-12+. The van der Waals surface area contributed by atoms with Crippen molar-refractivity contribution in [2.45, 2.75) is 0 Å². The molecule has 0 unspecified atom stereocenters. The molecule has 2 heterocycles. The number of halogens is 2. The van der Waals surface area contributed by atoms with Crippen molar-refractivity contribution in [2.75, 3.05) is 37.7 Å². The van der Waals surface area contributed by atoms with E-state index in [2.05, 4.69) is 11.0 Å². The monoisotopic (exact) mass is 448 g/mol. The van der Waals surface area contributed by atoms with E-state index in [9.17, 15) is 9.59 Å². The molecule has 150 valence electrons. The summed E-state index contributed by atoms with van der Waals surface area (Å²) >= 11 is 13.0. The van der Waals surface area contributed by atoms with Gasteiger partial charge in [0.15, 0.2) is 6.67 Å². The largest absolute Gasteiger partial charge is 0.360 e. The quantitative estimate of drug-likeness (QED) is 0.727. The molecule has 2 fully saturated rings. The van der Waals surface area contributed by atoms with Gasteiger partial charge in [0.2, 0.25) is 0 Å². The summed E-state index contributed by atoms with van der Waals surface area (Å²) < 4.78 is 0. The lowest BCUT2D eigenvalue weighted by molar-refractivity contribution is -0.907.